The molecule has 0 atom stereocenters. The molecule has 0 fully saturated rings. The summed E-state index contributed by atoms with van der Waals surface area (Å²) in [6, 6.07) is 24.8. The molecule has 0 aromatic heterocycles. The van der Waals surface area contributed by atoms with Crippen molar-refractivity contribution in [3.05, 3.63) is 127 Å². The third kappa shape index (κ3) is 7.73. The van der Waals surface area contributed by atoms with E-state index in [0.717, 1.165) is 29.9 Å². The number of hydrogen-bond acceptors (Lipinski definition) is 1. The first-order valence-corrected chi connectivity index (χ1v) is 14.2. The molecule has 3 aromatic carbocycles. The predicted molar refractivity (Wildman–Crippen MR) is 174 cm³/mol. The molecule has 0 N–H and O–H groups in total. The lowest BCUT2D eigenvalue weighted by Gasteiger charge is -2.27. The zero-order valence-electron chi connectivity index (χ0n) is 25.4. The molecule has 0 bridgehead atoms. The molecule has 3 rings (SSSR count). The summed E-state index contributed by atoms with van der Waals surface area (Å²) in [4.78, 5) is 2.17. The van der Waals surface area contributed by atoms with E-state index < -0.39 is 0 Å². The zero-order valence-corrected chi connectivity index (χ0v) is 25.4. The predicted octanol–water partition coefficient (Wildman–Crippen LogP) is 11.4. The Balaban J connectivity index is 2.22. The van der Waals surface area contributed by atoms with Gasteiger partial charge in [0.1, 0.15) is 0 Å². The lowest BCUT2D eigenvalue weighted by Crippen LogP contribution is -2.18. The molecule has 0 saturated carbocycles. The normalized spacial score (nSPS) is 12.3. The molecule has 1 nitrogen and oxygen atoms in total. The lowest BCUT2D eigenvalue weighted by molar-refractivity contribution is 0.590. The van der Waals surface area contributed by atoms with Gasteiger partial charge in [0.25, 0.3) is 0 Å². The highest BCUT2D eigenvalue weighted by atomic mass is 15.1. The Morgan fingerprint density at radius 2 is 0.949 bits per heavy atom. The quantitative estimate of drug-likeness (QED) is 0.255. The molecular formula is C38H47N. The fraction of sp³-hybridized carbons (Fsp3) is 0.316. The van der Waals surface area contributed by atoms with Gasteiger partial charge in [-0.25, -0.2) is 0 Å². The van der Waals surface area contributed by atoms with Crippen molar-refractivity contribution in [2.75, 3.05) is 4.90 Å². The number of hydrogen-bond donors (Lipinski definition) is 0. The molecule has 0 heterocycles. The summed E-state index contributed by atoms with van der Waals surface area (Å²) in [6.45, 7) is 26.7. The van der Waals surface area contributed by atoms with Crippen molar-refractivity contribution in [2.45, 2.75) is 79.1 Å². The van der Waals surface area contributed by atoms with Crippen molar-refractivity contribution in [3.63, 3.8) is 0 Å². The van der Waals surface area contributed by atoms with Gasteiger partial charge in [0.05, 0.1) is 0 Å². The van der Waals surface area contributed by atoms with Gasteiger partial charge in [0, 0.05) is 17.1 Å². The maximum atomic E-state index is 4.42. The molecule has 0 unspecified atom stereocenters. The van der Waals surface area contributed by atoms with Crippen molar-refractivity contribution in [1.82, 2.24) is 0 Å². The van der Waals surface area contributed by atoms with Crippen LogP contribution >= 0.6 is 0 Å². The maximum absolute atomic E-state index is 4.42. The van der Waals surface area contributed by atoms with Crippen molar-refractivity contribution in [3.8, 4) is 22.3 Å². The van der Waals surface area contributed by atoms with Crippen LogP contribution in [0.4, 0.5) is 5.69 Å². The Labute approximate surface area is 238 Å². The van der Waals surface area contributed by atoms with E-state index in [1.54, 1.807) is 0 Å². The van der Waals surface area contributed by atoms with E-state index in [2.05, 4.69) is 164 Å². The maximum Gasteiger partial charge on any atom is 0.0473 e. The van der Waals surface area contributed by atoms with Gasteiger partial charge >= 0.3 is 0 Å². The van der Waals surface area contributed by atoms with Crippen molar-refractivity contribution >= 4 is 5.69 Å². The van der Waals surface area contributed by atoms with Crippen LogP contribution in [-0.2, 0) is 10.8 Å². The van der Waals surface area contributed by atoms with Crippen LogP contribution in [0, 0.1) is 0 Å². The molecule has 1 heteroatoms. The van der Waals surface area contributed by atoms with Gasteiger partial charge in [-0.3, -0.25) is 0 Å². The number of rotatable bonds is 9. The van der Waals surface area contributed by atoms with Crippen LogP contribution in [0.15, 0.2) is 116 Å². The second-order valence-corrected chi connectivity index (χ2v) is 12.4. The van der Waals surface area contributed by atoms with Crippen LogP contribution < -0.4 is 4.90 Å². The molecule has 3 aromatic rings. The van der Waals surface area contributed by atoms with Gasteiger partial charge in [0.2, 0.25) is 0 Å². The average Bonchev–Trinajstić information content (AvgIpc) is 2.90. The molecule has 0 aliphatic rings. The van der Waals surface area contributed by atoms with Gasteiger partial charge in [-0.15, -0.1) is 0 Å². The lowest BCUT2D eigenvalue weighted by atomic mass is 9.85. The van der Waals surface area contributed by atoms with Crippen molar-refractivity contribution in [1.29, 1.82) is 0 Å². The number of allylic oxidation sites excluding steroid dienone is 4. The molecular weight excluding hydrogens is 470 g/mol. The Bertz CT molecular complexity index is 1230. The first kappa shape index (κ1) is 30.0. The van der Waals surface area contributed by atoms with E-state index >= 15 is 0 Å². The van der Waals surface area contributed by atoms with Gasteiger partial charge in [-0.1, -0.05) is 129 Å². The van der Waals surface area contributed by atoms with Crippen LogP contribution in [0.25, 0.3) is 22.3 Å². The Kier molecular flexibility index (Phi) is 9.62. The minimum atomic E-state index is 0.115. The van der Waals surface area contributed by atoms with E-state index in [-0.39, 0.29) is 10.8 Å². The van der Waals surface area contributed by atoms with E-state index in [4.69, 9.17) is 0 Å². The highest BCUT2D eigenvalue weighted by Gasteiger charge is 2.17. The standard InChI is InChI=1S/C38H47N/c1-11-13-15-28(3)39(29(4)16-14-12-2)36-26-32(30-17-21-34(22-18-30)37(5,6)7)25-33(27-36)31-19-23-35(24-20-31)38(8,9)10/h13-27H,3-4,11-12H2,1-2,5-10H3/b15-13-,16-14-. The summed E-state index contributed by atoms with van der Waals surface area (Å²) in [5, 5.41) is 0. The average molecular weight is 518 g/mol. The smallest absolute Gasteiger partial charge is 0.0473 e. The van der Waals surface area contributed by atoms with E-state index in [9.17, 15) is 0 Å². The number of nitrogens with zero attached hydrogens (tertiary/aromatic N) is 1. The van der Waals surface area contributed by atoms with Crippen LogP contribution in [-0.4, -0.2) is 0 Å². The van der Waals surface area contributed by atoms with Gasteiger partial charge < -0.3 is 4.90 Å². The molecule has 0 amide bonds. The zero-order chi connectivity index (χ0) is 28.8. The van der Waals surface area contributed by atoms with Gasteiger partial charge in [-0.05, 0) is 87.4 Å². The molecule has 0 aliphatic carbocycles. The summed E-state index contributed by atoms with van der Waals surface area (Å²) in [6.07, 6.45) is 10.4. The van der Waals surface area contributed by atoms with Crippen molar-refractivity contribution in [2.24, 2.45) is 0 Å². The Morgan fingerprint density at radius 3 is 1.26 bits per heavy atom. The Morgan fingerprint density at radius 1 is 0.590 bits per heavy atom. The highest BCUT2D eigenvalue weighted by molar-refractivity contribution is 5.80. The van der Waals surface area contributed by atoms with E-state index in [0.29, 0.717) is 0 Å². The van der Waals surface area contributed by atoms with Crippen LogP contribution in [0.3, 0.4) is 0 Å². The van der Waals surface area contributed by atoms with Crippen LogP contribution in [0.5, 0.6) is 0 Å². The first-order valence-electron chi connectivity index (χ1n) is 14.2. The molecule has 0 spiro atoms. The summed E-state index contributed by atoms with van der Waals surface area (Å²) >= 11 is 0. The SMILES string of the molecule is C=C(/C=C\CC)N(C(=C)/C=C\CC)c1cc(-c2ccc(C(C)(C)C)cc2)cc(-c2ccc(C(C)(C)C)cc2)c1. The number of benzene rings is 3. The molecule has 204 valence electrons. The summed E-state index contributed by atoms with van der Waals surface area (Å²) in [7, 11) is 0. The third-order valence-corrected chi connectivity index (χ3v) is 7.01. The van der Waals surface area contributed by atoms with Gasteiger partial charge in [-0.2, -0.15) is 0 Å². The molecule has 0 aliphatic heterocycles. The van der Waals surface area contributed by atoms with Crippen LogP contribution in [0.1, 0.15) is 79.4 Å². The van der Waals surface area contributed by atoms with Crippen LogP contribution in [0.2, 0.25) is 0 Å². The molecule has 39 heavy (non-hydrogen) atoms. The second kappa shape index (κ2) is 12.5. The Hall–Kier alpha value is -3.58. The highest BCUT2D eigenvalue weighted by Crippen LogP contribution is 2.36. The summed E-state index contributed by atoms with van der Waals surface area (Å²) in [5.41, 5.74) is 10.5. The minimum absolute atomic E-state index is 0.115. The third-order valence-electron chi connectivity index (χ3n) is 7.01. The molecule has 0 saturated heterocycles. The first-order chi connectivity index (χ1) is 18.3. The largest absolute Gasteiger partial charge is 0.312 e. The van der Waals surface area contributed by atoms with E-state index in [1.165, 1.54) is 33.4 Å². The topological polar surface area (TPSA) is 3.24 Å². The minimum Gasteiger partial charge on any atom is -0.312 e. The number of anilines is 1. The summed E-state index contributed by atoms with van der Waals surface area (Å²) < 4.78 is 0. The second-order valence-electron chi connectivity index (χ2n) is 12.4. The van der Waals surface area contributed by atoms with Gasteiger partial charge in [0.15, 0.2) is 0 Å². The monoisotopic (exact) mass is 517 g/mol. The fourth-order valence-corrected chi connectivity index (χ4v) is 4.57. The molecule has 0 radical (unpaired) electrons. The van der Waals surface area contributed by atoms with Crippen molar-refractivity contribution < 1.29 is 0 Å². The summed E-state index contributed by atoms with van der Waals surface area (Å²) in [5.74, 6) is 0. The van der Waals surface area contributed by atoms with E-state index in [1.807, 2.05) is 0 Å². The fourth-order valence-electron chi connectivity index (χ4n) is 4.57.